The molecule has 2 aliphatic rings. The number of amides is 2. The van der Waals surface area contributed by atoms with Crippen molar-refractivity contribution in [3.63, 3.8) is 0 Å². The molecule has 0 spiro atoms. The number of piperidine rings is 1. The fourth-order valence-corrected chi connectivity index (χ4v) is 3.97. The average Bonchev–Trinajstić information content (AvgIpc) is 3.30. The summed E-state index contributed by atoms with van der Waals surface area (Å²) < 4.78 is 7.05. The highest BCUT2D eigenvalue weighted by molar-refractivity contribution is 5.97. The zero-order valence-electron chi connectivity index (χ0n) is 15.8. The first kappa shape index (κ1) is 17.8. The predicted octanol–water partition coefficient (Wildman–Crippen LogP) is 1.27. The van der Waals surface area contributed by atoms with Crippen molar-refractivity contribution >= 4 is 17.5 Å². The number of furan rings is 1. The van der Waals surface area contributed by atoms with Crippen molar-refractivity contribution in [2.24, 2.45) is 7.05 Å². The fourth-order valence-electron chi connectivity index (χ4n) is 3.97. The molecule has 0 unspecified atom stereocenters. The van der Waals surface area contributed by atoms with Crippen molar-refractivity contribution in [3.8, 4) is 0 Å². The normalized spacial score (nSPS) is 21.7. The Hall–Kier alpha value is -2.61. The second kappa shape index (κ2) is 7.19. The van der Waals surface area contributed by atoms with E-state index in [9.17, 15) is 9.59 Å². The molecule has 2 aliphatic heterocycles. The molecule has 0 N–H and O–H groups in total. The Kier molecular flexibility index (Phi) is 4.73. The fraction of sp³-hybridized carbons (Fsp3) is 0.526. The number of hydrogen-bond acceptors (Lipinski definition) is 5. The summed E-state index contributed by atoms with van der Waals surface area (Å²) >= 11 is 0. The van der Waals surface area contributed by atoms with Crippen LogP contribution in [-0.4, -0.2) is 70.2 Å². The van der Waals surface area contributed by atoms with Crippen molar-refractivity contribution in [2.45, 2.75) is 25.8 Å². The number of aromatic nitrogens is 2. The highest BCUT2D eigenvalue weighted by atomic mass is 16.3. The van der Waals surface area contributed by atoms with Crippen molar-refractivity contribution in [3.05, 3.63) is 36.0 Å². The van der Waals surface area contributed by atoms with E-state index in [1.165, 1.54) is 0 Å². The number of carbonyl (C=O) groups excluding carboxylic acids is 2. The lowest BCUT2D eigenvalue weighted by molar-refractivity contribution is -0.126. The smallest absolute Gasteiger partial charge is 0.289 e. The Labute approximate surface area is 158 Å². The van der Waals surface area contributed by atoms with Gasteiger partial charge in [-0.3, -0.25) is 19.2 Å². The Bertz CT molecular complexity index is 834. The van der Waals surface area contributed by atoms with Crippen LogP contribution in [0.4, 0.5) is 5.69 Å². The Morgan fingerprint density at radius 3 is 2.63 bits per heavy atom. The summed E-state index contributed by atoms with van der Waals surface area (Å²) in [5, 5.41) is 4.18. The summed E-state index contributed by atoms with van der Waals surface area (Å²) in [6.07, 6.45) is 6.99. The Morgan fingerprint density at radius 2 is 2.00 bits per heavy atom. The molecule has 2 aromatic rings. The van der Waals surface area contributed by atoms with E-state index in [-0.39, 0.29) is 17.9 Å². The first-order valence-electron chi connectivity index (χ1n) is 9.42. The average molecular weight is 371 g/mol. The molecule has 2 aromatic heterocycles. The van der Waals surface area contributed by atoms with Crippen molar-refractivity contribution in [2.75, 3.05) is 37.6 Å². The molecule has 0 radical (unpaired) electrons. The zero-order valence-corrected chi connectivity index (χ0v) is 15.8. The van der Waals surface area contributed by atoms with Gasteiger partial charge in [0, 0.05) is 51.5 Å². The minimum absolute atomic E-state index is 0.0656. The first-order valence-corrected chi connectivity index (χ1v) is 9.42. The van der Waals surface area contributed by atoms with Crippen molar-refractivity contribution in [1.29, 1.82) is 0 Å². The van der Waals surface area contributed by atoms with Crippen molar-refractivity contribution < 1.29 is 14.0 Å². The number of nitrogens with zero attached hydrogens (tertiary/aromatic N) is 5. The van der Waals surface area contributed by atoms with Gasteiger partial charge in [0.1, 0.15) is 0 Å². The van der Waals surface area contributed by atoms with E-state index in [2.05, 4.69) is 10.00 Å². The second-order valence-corrected chi connectivity index (χ2v) is 7.28. The molecule has 2 fully saturated rings. The highest BCUT2D eigenvalue weighted by Crippen LogP contribution is 2.24. The molecule has 0 bridgehead atoms. The van der Waals surface area contributed by atoms with Crippen LogP contribution in [0.3, 0.4) is 0 Å². The van der Waals surface area contributed by atoms with E-state index in [1.54, 1.807) is 23.2 Å². The highest BCUT2D eigenvalue weighted by Gasteiger charge is 2.36. The van der Waals surface area contributed by atoms with Crippen LogP contribution in [0.5, 0.6) is 0 Å². The minimum Gasteiger partial charge on any atom is -0.459 e. The lowest BCUT2D eigenvalue weighted by Gasteiger charge is -2.42. The largest absolute Gasteiger partial charge is 0.459 e. The maximum atomic E-state index is 13.0. The van der Waals surface area contributed by atoms with Crippen LogP contribution in [0.2, 0.25) is 0 Å². The number of piperazine rings is 1. The van der Waals surface area contributed by atoms with Crippen LogP contribution >= 0.6 is 0 Å². The third-order valence-electron chi connectivity index (χ3n) is 5.51. The van der Waals surface area contributed by atoms with Gasteiger partial charge in [0.05, 0.1) is 24.2 Å². The van der Waals surface area contributed by atoms with Gasteiger partial charge in [-0.05, 0) is 25.8 Å². The summed E-state index contributed by atoms with van der Waals surface area (Å²) in [6.45, 7) is 5.22. The third kappa shape index (κ3) is 3.37. The molecule has 144 valence electrons. The molecule has 0 aliphatic carbocycles. The standard InChI is InChI=1S/C19H25N5O3/c1-14-5-11-27-17(14)19(26)23-9-7-22(8-10-23)16-4-3-6-24(18(16)25)15-12-20-21(2)13-15/h5,11-13,16H,3-4,6-10H2,1-2H3/t16-/m1/s1. The molecule has 27 heavy (non-hydrogen) atoms. The SMILES string of the molecule is Cc1ccoc1C(=O)N1CCN([C@@H]2CCCN(c3cnn(C)c3)C2=O)CC1. The van der Waals surface area contributed by atoms with E-state index in [1.807, 2.05) is 30.0 Å². The number of hydrogen-bond donors (Lipinski definition) is 0. The molecule has 0 saturated carbocycles. The van der Waals surface area contributed by atoms with Gasteiger partial charge in [0.25, 0.3) is 5.91 Å². The summed E-state index contributed by atoms with van der Waals surface area (Å²) in [5.41, 5.74) is 1.71. The van der Waals surface area contributed by atoms with Crippen molar-refractivity contribution in [1.82, 2.24) is 19.6 Å². The van der Waals surface area contributed by atoms with Gasteiger partial charge < -0.3 is 14.2 Å². The summed E-state index contributed by atoms with van der Waals surface area (Å²) in [7, 11) is 1.85. The second-order valence-electron chi connectivity index (χ2n) is 7.28. The van der Waals surface area contributed by atoms with E-state index in [0.29, 0.717) is 31.9 Å². The number of carbonyl (C=O) groups is 2. The molecule has 2 amide bonds. The molecular formula is C19H25N5O3. The van der Waals surface area contributed by atoms with Crippen LogP contribution in [-0.2, 0) is 11.8 Å². The number of rotatable bonds is 3. The summed E-state index contributed by atoms with van der Waals surface area (Å²) in [5.74, 6) is 0.486. The number of aryl methyl sites for hydroxylation is 2. The van der Waals surface area contributed by atoms with E-state index in [4.69, 9.17) is 4.42 Å². The van der Waals surface area contributed by atoms with Gasteiger partial charge >= 0.3 is 0 Å². The lowest BCUT2D eigenvalue weighted by Crippen LogP contribution is -2.58. The van der Waals surface area contributed by atoms with Gasteiger partial charge in [-0.1, -0.05) is 0 Å². The molecule has 4 heterocycles. The van der Waals surface area contributed by atoms with Crippen LogP contribution in [0.1, 0.15) is 29.0 Å². The maximum Gasteiger partial charge on any atom is 0.289 e. The van der Waals surface area contributed by atoms with Crippen LogP contribution in [0, 0.1) is 6.92 Å². The van der Waals surface area contributed by atoms with E-state index >= 15 is 0 Å². The molecular weight excluding hydrogens is 346 g/mol. The topological polar surface area (TPSA) is 74.8 Å². The Morgan fingerprint density at radius 1 is 1.22 bits per heavy atom. The predicted molar refractivity (Wildman–Crippen MR) is 99.5 cm³/mol. The lowest BCUT2D eigenvalue weighted by atomic mass is 10.0. The molecule has 2 saturated heterocycles. The van der Waals surface area contributed by atoms with Gasteiger partial charge in [0.15, 0.2) is 5.76 Å². The summed E-state index contributed by atoms with van der Waals surface area (Å²) in [6, 6.07) is 1.68. The molecule has 8 nitrogen and oxygen atoms in total. The Balaban J connectivity index is 1.39. The quantitative estimate of drug-likeness (QED) is 0.812. The molecule has 8 heteroatoms. The minimum atomic E-state index is -0.124. The summed E-state index contributed by atoms with van der Waals surface area (Å²) in [4.78, 5) is 31.5. The maximum absolute atomic E-state index is 13.0. The van der Waals surface area contributed by atoms with Gasteiger partial charge in [-0.25, -0.2) is 0 Å². The van der Waals surface area contributed by atoms with Crippen LogP contribution in [0.25, 0.3) is 0 Å². The van der Waals surface area contributed by atoms with Crippen LogP contribution in [0.15, 0.2) is 29.1 Å². The van der Waals surface area contributed by atoms with Gasteiger partial charge in [-0.2, -0.15) is 5.10 Å². The van der Waals surface area contributed by atoms with Gasteiger partial charge in [0.2, 0.25) is 5.91 Å². The molecule has 0 aromatic carbocycles. The van der Waals surface area contributed by atoms with E-state index in [0.717, 1.165) is 30.6 Å². The first-order chi connectivity index (χ1) is 13.0. The zero-order chi connectivity index (χ0) is 19.0. The molecule has 4 rings (SSSR count). The van der Waals surface area contributed by atoms with Crippen LogP contribution < -0.4 is 4.90 Å². The third-order valence-corrected chi connectivity index (χ3v) is 5.51. The molecule has 1 atom stereocenters. The van der Waals surface area contributed by atoms with E-state index < -0.39 is 0 Å². The number of anilines is 1. The monoisotopic (exact) mass is 371 g/mol. The van der Waals surface area contributed by atoms with Gasteiger partial charge in [-0.15, -0.1) is 0 Å².